The van der Waals surface area contributed by atoms with Crippen molar-refractivity contribution in [1.29, 1.82) is 0 Å². The lowest BCUT2D eigenvalue weighted by atomic mass is 9.94. The third-order valence-corrected chi connectivity index (χ3v) is 3.00. The van der Waals surface area contributed by atoms with Crippen molar-refractivity contribution < 1.29 is 9.47 Å². The van der Waals surface area contributed by atoms with Gasteiger partial charge in [-0.25, -0.2) is 0 Å². The number of nitrogens with one attached hydrogen (secondary N) is 1. The zero-order valence-corrected chi connectivity index (χ0v) is 11.6. The summed E-state index contributed by atoms with van der Waals surface area (Å²) in [4.78, 5) is 0. The van der Waals surface area contributed by atoms with Crippen LogP contribution < -0.4 is 16.0 Å². The summed E-state index contributed by atoms with van der Waals surface area (Å²) < 4.78 is 10.9. The Morgan fingerprint density at radius 2 is 1.83 bits per heavy atom. The topological polar surface area (TPSA) is 56.5 Å². The second-order valence-electron chi connectivity index (χ2n) is 4.58. The Hall–Kier alpha value is -1.10. The van der Waals surface area contributed by atoms with E-state index in [1.165, 1.54) is 0 Å². The SMILES string of the molecule is CCOC(C(C)C)C(NN)c1ccc(OC)cc1. The van der Waals surface area contributed by atoms with Crippen molar-refractivity contribution in [2.24, 2.45) is 11.8 Å². The molecule has 0 heterocycles. The zero-order valence-electron chi connectivity index (χ0n) is 11.6. The maximum Gasteiger partial charge on any atom is 0.118 e. The first-order valence-corrected chi connectivity index (χ1v) is 6.35. The molecule has 2 atom stereocenters. The van der Waals surface area contributed by atoms with E-state index in [1.54, 1.807) is 7.11 Å². The first-order chi connectivity index (χ1) is 8.63. The Morgan fingerprint density at radius 3 is 2.22 bits per heavy atom. The molecule has 0 spiro atoms. The second kappa shape index (κ2) is 7.36. The third kappa shape index (κ3) is 3.70. The van der Waals surface area contributed by atoms with Crippen LogP contribution >= 0.6 is 0 Å². The highest BCUT2D eigenvalue weighted by Crippen LogP contribution is 2.25. The van der Waals surface area contributed by atoms with E-state index in [9.17, 15) is 0 Å². The molecule has 0 fully saturated rings. The van der Waals surface area contributed by atoms with Gasteiger partial charge in [0.2, 0.25) is 0 Å². The van der Waals surface area contributed by atoms with E-state index >= 15 is 0 Å². The van der Waals surface area contributed by atoms with Crippen LogP contribution in [0.5, 0.6) is 5.75 Å². The first kappa shape index (κ1) is 15.0. The monoisotopic (exact) mass is 252 g/mol. The lowest BCUT2D eigenvalue weighted by molar-refractivity contribution is 0.00276. The summed E-state index contributed by atoms with van der Waals surface area (Å²) in [5.74, 6) is 6.91. The molecule has 1 aromatic rings. The molecule has 4 heteroatoms. The molecule has 3 N–H and O–H groups in total. The van der Waals surface area contributed by atoms with Gasteiger partial charge >= 0.3 is 0 Å². The molecule has 0 saturated carbocycles. The van der Waals surface area contributed by atoms with Gasteiger partial charge in [0.05, 0.1) is 19.3 Å². The van der Waals surface area contributed by atoms with Crippen LogP contribution in [0.15, 0.2) is 24.3 Å². The molecule has 0 aliphatic heterocycles. The first-order valence-electron chi connectivity index (χ1n) is 6.35. The van der Waals surface area contributed by atoms with E-state index in [0.29, 0.717) is 12.5 Å². The van der Waals surface area contributed by atoms with Crippen LogP contribution in [0.2, 0.25) is 0 Å². The predicted octanol–water partition coefficient (Wildman–Crippen LogP) is 2.26. The van der Waals surface area contributed by atoms with Gasteiger partial charge in [0.15, 0.2) is 0 Å². The molecule has 102 valence electrons. The van der Waals surface area contributed by atoms with Crippen LogP contribution in [0.4, 0.5) is 0 Å². The van der Waals surface area contributed by atoms with Crippen molar-refractivity contribution in [3.63, 3.8) is 0 Å². The molecule has 0 aliphatic carbocycles. The van der Waals surface area contributed by atoms with Gasteiger partial charge in [0.25, 0.3) is 0 Å². The Morgan fingerprint density at radius 1 is 1.22 bits per heavy atom. The number of rotatable bonds is 7. The Labute approximate surface area is 109 Å². The molecule has 0 saturated heterocycles. The fourth-order valence-corrected chi connectivity index (χ4v) is 2.06. The molecule has 0 amide bonds. The summed E-state index contributed by atoms with van der Waals surface area (Å²) in [6.07, 6.45) is 0.0494. The fraction of sp³-hybridized carbons (Fsp3) is 0.571. The van der Waals surface area contributed by atoms with Crippen molar-refractivity contribution in [1.82, 2.24) is 5.43 Å². The van der Waals surface area contributed by atoms with Gasteiger partial charge in [-0.2, -0.15) is 0 Å². The zero-order chi connectivity index (χ0) is 13.5. The van der Waals surface area contributed by atoms with Gasteiger partial charge in [0.1, 0.15) is 5.75 Å². The Kier molecular flexibility index (Phi) is 6.12. The third-order valence-electron chi connectivity index (χ3n) is 3.00. The van der Waals surface area contributed by atoms with Gasteiger partial charge in [-0.1, -0.05) is 26.0 Å². The molecular formula is C14H24N2O2. The summed E-state index contributed by atoms with van der Waals surface area (Å²) in [5, 5.41) is 0. The highest BCUT2D eigenvalue weighted by atomic mass is 16.5. The van der Waals surface area contributed by atoms with Crippen LogP contribution in [-0.2, 0) is 4.74 Å². The maximum atomic E-state index is 5.79. The summed E-state index contributed by atoms with van der Waals surface area (Å²) in [6.45, 7) is 6.94. The lowest BCUT2D eigenvalue weighted by Gasteiger charge is -2.29. The molecule has 2 unspecified atom stereocenters. The Bertz CT molecular complexity index is 338. The van der Waals surface area contributed by atoms with Gasteiger partial charge in [-0.15, -0.1) is 0 Å². The number of methoxy groups -OCH3 is 1. The van der Waals surface area contributed by atoms with E-state index in [1.807, 2.05) is 31.2 Å². The largest absolute Gasteiger partial charge is 0.497 e. The minimum Gasteiger partial charge on any atom is -0.497 e. The number of hydrogen-bond acceptors (Lipinski definition) is 4. The number of benzene rings is 1. The van der Waals surface area contributed by atoms with Gasteiger partial charge in [-0.05, 0) is 30.5 Å². The lowest BCUT2D eigenvalue weighted by Crippen LogP contribution is -2.40. The highest BCUT2D eigenvalue weighted by molar-refractivity contribution is 5.29. The van der Waals surface area contributed by atoms with Crippen LogP contribution in [-0.4, -0.2) is 19.8 Å². The van der Waals surface area contributed by atoms with Gasteiger partial charge < -0.3 is 9.47 Å². The maximum absolute atomic E-state index is 5.79. The summed E-state index contributed by atoms with van der Waals surface area (Å²) in [7, 11) is 1.66. The number of hydrogen-bond donors (Lipinski definition) is 2. The minimum absolute atomic E-state index is 0.0177. The number of ether oxygens (including phenoxy) is 2. The van der Waals surface area contributed by atoms with Gasteiger partial charge in [-0.3, -0.25) is 11.3 Å². The summed E-state index contributed by atoms with van der Waals surface area (Å²) in [6, 6.07) is 7.87. The molecule has 0 aromatic heterocycles. The van der Waals surface area contributed by atoms with E-state index in [4.69, 9.17) is 15.3 Å². The molecule has 18 heavy (non-hydrogen) atoms. The normalized spacial score (nSPS) is 14.6. The second-order valence-corrected chi connectivity index (χ2v) is 4.58. The van der Waals surface area contributed by atoms with Crippen LogP contribution in [0.3, 0.4) is 0 Å². The molecule has 0 bridgehead atoms. The fourth-order valence-electron chi connectivity index (χ4n) is 2.06. The summed E-state index contributed by atoms with van der Waals surface area (Å²) in [5.41, 5.74) is 3.96. The number of nitrogens with two attached hydrogens (primary N) is 1. The van der Waals surface area contributed by atoms with Crippen LogP contribution in [0.25, 0.3) is 0 Å². The van der Waals surface area contributed by atoms with Crippen molar-refractivity contribution in [2.45, 2.75) is 32.9 Å². The van der Waals surface area contributed by atoms with Gasteiger partial charge in [0, 0.05) is 6.61 Å². The van der Waals surface area contributed by atoms with Crippen molar-refractivity contribution in [2.75, 3.05) is 13.7 Å². The summed E-state index contributed by atoms with van der Waals surface area (Å²) >= 11 is 0. The average molecular weight is 252 g/mol. The minimum atomic E-state index is -0.0177. The molecular weight excluding hydrogens is 228 g/mol. The van der Waals surface area contributed by atoms with E-state index < -0.39 is 0 Å². The molecule has 1 rings (SSSR count). The van der Waals surface area contributed by atoms with E-state index in [-0.39, 0.29) is 12.1 Å². The van der Waals surface area contributed by atoms with Crippen molar-refractivity contribution >= 4 is 0 Å². The smallest absolute Gasteiger partial charge is 0.118 e. The molecule has 4 nitrogen and oxygen atoms in total. The van der Waals surface area contributed by atoms with E-state index in [2.05, 4.69) is 19.3 Å². The van der Waals surface area contributed by atoms with Crippen molar-refractivity contribution in [3.8, 4) is 5.75 Å². The van der Waals surface area contributed by atoms with Crippen molar-refractivity contribution in [3.05, 3.63) is 29.8 Å². The predicted molar refractivity (Wildman–Crippen MR) is 73.3 cm³/mol. The van der Waals surface area contributed by atoms with E-state index in [0.717, 1.165) is 11.3 Å². The Balaban J connectivity index is 2.91. The standard InChI is InChI=1S/C14H24N2O2/c1-5-18-14(10(2)3)13(16-15)11-6-8-12(17-4)9-7-11/h6-10,13-14,16H,5,15H2,1-4H3. The quantitative estimate of drug-likeness (QED) is 0.577. The number of hydrazine groups is 1. The van der Waals surface area contributed by atoms with Crippen LogP contribution in [0.1, 0.15) is 32.4 Å². The average Bonchev–Trinajstić information content (AvgIpc) is 2.39. The molecule has 0 radical (unpaired) electrons. The highest BCUT2D eigenvalue weighted by Gasteiger charge is 2.25. The molecule has 1 aromatic carbocycles. The van der Waals surface area contributed by atoms with Crippen LogP contribution in [0, 0.1) is 5.92 Å². The molecule has 0 aliphatic rings.